The summed E-state index contributed by atoms with van der Waals surface area (Å²) in [5.41, 5.74) is 10.5. The van der Waals surface area contributed by atoms with E-state index in [9.17, 15) is 0 Å². The third-order valence-electron chi connectivity index (χ3n) is 3.30. The van der Waals surface area contributed by atoms with Crippen LogP contribution in [0, 0.1) is 13.8 Å². The monoisotopic (exact) mass is 244 g/mol. The summed E-state index contributed by atoms with van der Waals surface area (Å²) in [7, 11) is 0. The van der Waals surface area contributed by atoms with Crippen molar-refractivity contribution in [3.8, 4) is 5.82 Å². The largest absolute Gasteiger partial charge is 0.324 e. The van der Waals surface area contributed by atoms with Gasteiger partial charge in [0.25, 0.3) is 0 Å². The third-order valence-corrected chi connectivity index (χ3v) is 3.30. The molecule has 18 heavy (non-hydrogen) atoms. The highest BCUT2D eigenvalue weighted by Crippen LogP contribution is 2.22. The SMILES string of the molecule is CCc1c(C)nn(-c2ncccc2[C@@H](C)N)c1C. The Morgan fingerprint density at radius 1 is 1.39 bits per heavy atom. The Morgan fingerprint density at radius 2 is 2.11 bits per heavy atom. The normalized spacial score (nSPS) is 12.7. The summed E-state index contributed by atoms with van der Waals surface area (Å²) in [6.07, 6.45) is 2.77. The lowest BCUT2D eigenvalue weighted by molar-refractivity contribution is 0.745. The number of hydrogen-bond acceptors (Lipinski definition) is 3. The summed E-state index contributed by atoms with van der Waals surface area (Å²) in [4.78, 5) is 4.44. The van der Waals surface area contributed by atoms with Crippen molar-refractivity contribution in [3.05, 3.63) is 40.8 Å². The van der Waals surface area contributed by atoms with Crippen molar-refractivity contribution < 1.29 is 0 Å². The van der Waals surface area contributed by atoms with E-state index in [1.54, 1.807) is 6.20 Å². The van der Waals surface area contributed by atoms with Crippen LogP contribution in [0.1, 0.15) is 42.4 Å². The van der Waals surface area contributed by atoms with Gasteiger partial charge in [0.05, 0.1) is 5.69 Å². The zero-order valence-corrected chi connectivity index (χ0v) is 11.4. The second-order valence-corrected chi connectivity index (χ2v) is 4.62. The minimum Gasteiger partial charge on any atom is -0.324 e. The van der Waals surface area contributed by atoms with Crippen LogP contribution in [-0.2, 0) is 6.42 Å². The zero-order chi connectivity index (χ0) is 13.3. The molecule has 0 saturated carbocycles. The summed E-state index contributed by atoms with van der Waals surface area (Å²) in [6.45, 7) is 8.23. The Hall–Kier alpha value is -1.68. The molecule has 0 aliphatic heterocycles. The molecule has 0 aliphatic carbocycles. The van der Waals surface area contributed by atoms with E-state index in [4.69, 9.17) is 5.73 Å². The number of nitrogens with zero attached hydrogens (tertiary/aromatic N) is 3. The van der Waals surface area contributed by atoms with Gasteiger partial charge >= 0.3 is 0 Å². The smallest absolute Gasteiger partial charge is 0.158 e. The van der Waals surface area contributed by atoms with Crippen LogP contribution in [0.5, 0.6) is 0 Å². The Kier molecular flexibility index (Phi) is 3.48. The Balaban J connectivity index is 2.63. The van der Waals surface area contributed by atoms with Gasteiger partial charge < -0.3 is 5.73 Å². The summed E-state index contributed by atoms with van der Waals surface area (Å²) >= 11 is 0. The maximum Gasteiger partial charge on any atom is 0.158 e. The van der Waals surface area contributed by atoms with E-state index in [-0.39, 0.29) is 6.04 Å². The lowest BCUT2D eigenvalue weighted by Gasteiger charge is -2.12. The number of nitrogens with two attached hydrogens (primary N) is 1. The van der Waals surface area contributed by atoms with Crippen molar-refractivity contribution in [2.45, 2.75) is 40.2 Å². The highest BCUT2D eigenvalue weighted by atomic mass is 15.3. The van der Waals surface area contributed by atoms with E-state index in [2.05, 4.69) is 23.9 Å². The van der Waals surface area contributed by atoms with Gasteiger partial charge in [0.15, 0.2) is 5.82 Å². The fourth-order valence-electron chi connectivity index (χ4n) is 2.33. The molecule has 0 bridgehead atoms. The molecule has 2 aromatic rings. The van der Waals surface area contributed by atoms with Gasteiger partial charge in [-0.1, -0.05) is 13.0 Å². The predicted octanol–water partition coefficient (Wildman–Crippen LogP) is 2.47. The van der Waals surface area contributed by atoms with Crippen molar-refractivity contribution in [3.63, 3.8) is 0 Å². The van der Waals surface area contributed by atoms with Gasteiger partial charge in [-0.25, -0.2) is 9.67 Å². The molecule has 2 aromatic heterocycles. The van der Waals surface area contributed by atoms with E-state index in [1.807, 2.05) is 30.7 Å². The standard InChI is InChI=1S/C14H20N4/c1-5-12-10(3)17-18(11(12)4)14-13(9(2)15)7-6-8-16-14/h6-9H,5,15H2,1-4H3/t9-/m1/s1. The van der Waals surface area contributed by atoms with Crippen LogP contribution in [0.15, 0.2) is 18.3 Å². The summed E-state index contributed by atoms with van der Waals surface area (Å²) in [6, 6.07) is 3.87. The Morgan fingerprint density at radius 3 is 2.67 bits per heavy atom. The minimum atomic E-state index is -0.0531. The van der Waals surface area contributed by atoms with Gasteiger partial charge in [-0.05, 0) is 38.8 Å². The molecule has 2 N–H and O–H groups in total. The van der Waals surface area contributed by atoms with Crippen LogP contribution in [0.25, 0.3) is 5.82 Å². The second-order valence-electron chi connectivity index (χ2n) is 4.62. The van der Waals surface area contributed by atoms with E-state index < -0.39 is 0 Å². The quantitative estimate of drug-likeness (QED) is 0.902. The van der Waals surface area contributed by atoms with Crippen LogP contribution in [0.3, 0.4) is 0 Å². The van der Waals surface area contributed by atoms with Gasteiger partial charge in [-0.15, -0.1) is 0 Å². The van der Waals surface area contributed by atoms with Gasteiger partial charge in [0, 0.05) is 23.5 Å². The highest BCUT2D eigenvalue weighted by Gasteiger charge is 2.16. The van der Waals surface area contributed by atoms with Crippen molar-refractivity contribution in [1.82, 2.24) is 14.8 Å². The zero-order valence-electron chi connectivity index (χ0n) is 11.4. The van der Waals surface area contributed by atoms with E-state index in [1.165, 1.54) is 5.56 Å². The van der Waals surface area contributed by atoms with Crippen LogP contribution in [-0.4, -0.2) is 14.8 Å². The molecule has 0 radical (unpaired) electrons. The van der Waals surface area contributed by atoms with Gasteiger partial charge in [-0.3, -0.25) is 0 Å². The first kappa shape index (κ1) is 12.8. The molecule has 0 fully saturated rings. The van der Waals surface area contributed by atoms with Gasteiger partial charge in [0.1, 0.15) is 0 Å². The van der Waals surface area contributed by atoms with Crippen molar-refractivity contribution in [2.75, 3.05) is 0 Å². The lowest BCUT2D eigenvalue weighted by Crippen LogP contribution is -2.13. The van der Waals surface area contributed by atoms with Gasteiger partial charge in [0.2, 0.25) is 0 Å². The summed E-state index contributed by atoms with van der Waals surface area (Å²) in [5, 5.41) is 4.59. The maximum atomic E-state index is 6.00. The van der Waals surface area contributed by atoms with Crippen molar-refractivity contribution in [2.24, 2.45) is 5.73 Å². The highest BCUT2D eigenvalue weighted by molar-refractivity contribution is 5.39. The van der Waals surface area contributed by atoms with Crippen LogP contribution >= 0.6 is 0 Å². The number of aromatic nitrogens is 3. The lowest BCUT2D eigenvalue weighted by atomic mass is 10.1. The molecule has 2 rings (SSSR count). The molecule has 4 heteroatoms. The molecule has 2 heterocycles. The fourth-order valence-corrected chi connectivity index (χ4v) is 2.33. The topological polar surface area (TPSA) is 56.7 Å². The fraction of sp³-hybridized carbons (Fsp3) is 0.429. The Labute approximate surface area is 108 Å². The number of pyridine rings is 1. The molecule has 0 spiro atoms. The molecule has 96 valence electrons. The molecule has 0 aliphatic rings. The van der Waals surface area contributed by atoms with Crippen LogP contribution < -0.4 is 5.73 Å². The van der Waals surface area contributed by atoms with Gasteiger partial charge in [-0.2, -0.15) is 5.10 Å². The van der Waals surface area contributed by atoms with E-state index in [0.717, 1.165) is 29.2 Å². The van der Waals surface area contributed by atoms with E-state index in [0.29, 0.717) is 0 Å². The minimum absolute atomic E-state index is 0.0531. The number of hydrogen-bond donors (Lipinski definition) is 1. The first-order chi connectivity index (χ1) is 8.56. The summed E-state index contributed by atoms with van der Waals surface area (Å²) < 4.78 is 1.91. The molecular formula is C14H20N4. The first-order valence-corrected chi connectivity index (χ1v) is 6.32. The van der Waals surface area contributed by atoms with E-state index >= 15 is 0 Å². The van der Waals surface area contributed by atoms with Crippen LogP contribution in [0.4, 0.5) is 0 Å². The molecule has 0 aromatic carbocycles. The predicted molar refractivity (Wildman–Crippen MR) is 72.8 cm³/mol. The molecule has 1 atom stereocenters. The number of aryl methyl sites for hydroxylation is 1. The van der Waals surface area contributed by atoms with Crippen molar-refractivity contribution >= 4 is 0 Å². The Bertz CT molecular complexity index is 555. The molecule has 4 nitrogen and oxygen atoms in total. The molecule has 0 saturated heterocycles. The molecule has 0 amide bonds. The molecular weight excluding hydrogens is 224 g/mol. The maximum absolute atomic E-state index is 6.00. The van der Waals surface area contributed by atoms with Crippen LogP contribution in [0.2, 0.25) is 0 Å². The average Bonchev–Trinajstić information content (AvgIpc) is 2.64. The first-order valence-electron chi connectivity index (χ1n) is 6.32. The second kappa shape index (κ2) is 4.90. The van der Waals surface area contributed by atoms with Crippen molar-refractivity contribution in [1.29, 1.82) is 0 Å². The third kappa shape index (κ3) is 2.04. The summed E-state index contributed by atoms with van der Waals surface area (Å²) in [5.74, 6) is 0.841. The molecule has 0 unspecified atom stereocenters. The average molecular weight is 244 g/mol. The number of rotatable bonds is 3.